The van der Waals surface area contributed by atoms with Crippen LogP contribution in [0.15, 0.2) is 0 Å². The molecule has 0 bridgehead atoms. The summed E-state index contributed by atoms with van der Waals surface area (Å²) in [6.45, 7) is 0.789. The minimum Gasteiger partial charge on any atom is -0.479 e. The number of piperidine rings is 1. The van der Waals surface area contributed by atoms with Crippen LogP contribution in [0.4, 0.5) is 4.79 Å². The van der Waals surface area contributed by atoms with Crippen molar-refractivity contribution in [3.8, 4) is 0 Å². The van der Waals surface area contributed by atoms with E-state index in [0.29, 0.717) is 13.1 Å². The van der Waals surface area contributed by atoms with Gasteiger partial charge in [0.15, 0.2) is 6.10 Å². The molecule has 2 amide bonds. The molecular weight excluding hydrogens is 214 g/mol. The van der Waals surface area contributed by atoms with E-state index in [1.807, 2.05) is 0 Å². The van der Waals surface area contributed by atoms with Crippen molar-refractivity contribution in [3.05, 3.63) is 0 Å². The summed E-state index contributed by atoms with van der Waals surface area (Å²) in [5, 5.41) is 19.7. The van der Waals surface area contributed by atoms with E-state index in [-0.39, 0.29) is 18.6 Å². The molecule has 0 aliphatic carbocycles. The van der Waals surface area contributed by atoms with E-state index < -0.39 is 12.1 Å². The van der Waals surface area contributed by atoms with E-state index in [0.717, 1.165) is 12.8 Å². The van der Waals surface area contributed by atoms with Gasteiger partial charge in [-0.05, 0) is 12.8 Å². The summed E-state index contributed by atoms with van der Waals surface area (Å²) >= 11 is 0. The van der Waals surface area contributed by atoms with Crippen LogP contribution in [0.2, 0.25) is 0 Å². The highest BCUT2D eigenvalue weighted by Crippen LogP contribution is 2.07. The Hall–Kier alpha value is -1.34. The van der Waals surface area contributed by atoms with Crippen molar-refractivity contribution >= 4 is 12.0 Å². The fourth-order valence-corrected chi connectivity index (χ4v) is 1.58. The van der Waals surface area contributed by atoms with Gasteiger partial charge in [-0.1, -0.05) is 0 Å². The molecule has 1 aliphatic heterocycles. The highest BCUT2D eigenvalue weighted by molar-refractivity contribution is 5.76. The molecule has 2 atom stereocenters. The van der Waals surface area contributed by atoms with Gasteiger partial charge in [-0.15, -0.1) is 0 Å². The number of urea groups is 1. The Morgan fingerprint density at radius 2 is 2.25 bits per heavy atom. The zero-order chi connectivity index (χ0) is 12.1. The number of aliphatic hydroxyl groups excluding tert-OH is 1. The monoisotopic (exact) mass is 231 g/mol. The maximum atomic E-state index is 11.5. The fraction of sp³-hybridized carbons (Fsp3) is 0.778. The lowest BCUT2D eigenvalue weighted by atomic mass is 10.1. The van der Waals surface area contributed by atoms with Crippen molar-refractivity contribution in [2.24, 2.45) is 5.73 Å². The van der Waals surface area contributed by atoms with Crippen LogP contribution in [0.1, 0.15) is 12.8 Å². The van der Waals surface area contributed by atoms with E-state index in [9.17, 15) is 9.59 Å². The van der Waals surface area contributed by atoms with Gasteiger partial charge in [0.1, 0.15) is 0 Å². The van der Waals surface area contributed by atoms with Crippen LogP contribution in [0.25, 0.3) is 0 Å². The van der Waals surface area contributed by atoms with Crippen LogP contribution in [0.5, 0.6) is 0 Å². The topological polar surface area (TPSA) is 116 Å². The number of carboxylic acid groups (broad SMARTS) is 1. The third kappa shape index (κ3) is 3.67. The number of hydrogen-bond acceptors (Lipinski definition) is 4. The fourth-order valence-electron chi connectivity index (χ4n) is 1.58. The van der Waals surface area contributed by atoms with E-state index in [2.05, 4.69) is 5.32 Å². The first kappa shape index (κ1) is 12.7. The number of aliphatic carboxylic acids is 1. The highest BCUT2D eigenvalue weighted by atomic mass is 16.4. The number of amides is 2. The molecule has 0 aromatic rings. The average Bonchev–Trinajstić information content (AvgIpc) is 2.25. The second kappa shape index (κ2) is 5.66. The van der Waals surface area contributed by atoms with Gasteiger partial charge in [0.2, 0.25) is 0 Å². The number of aliphatic hydroxyl groups is 1. The van der Waals surface area contributed by atoms with Crippen molar-refractivity contribution in [2.45, 2.75) is 25.0 Å². The molecule has 5 N–H and O–H groups in total. The highest BCUT2D eigenvalue weighted by Gasteiger charge is 2.22. The van der Waals surface area contributed by atoms with Gasteiger partial charge < -0.3 is 26.2 Å². The van der Waals surface area contributed by atoms with Crippen LogP contribution in [0, 0.1) is 0 Å². The Morgan fingerprint density at radius 1 is 1.56 bits per heavy atom. The Bertz CT molecular complexity index is 271. The maximum Gasteiger partial charge on any atom is 0.334 e. The molecule has 7 nitrogen and oxygen atoms in total. The summed E-state index contributed by atoms with van der Waals surface area (Å²) in [6.07, 6.45) is 0.167. The number of likely N-dealkylation sites (tertiary alicyclic amines) is 1. The molecule has 16 heavy (non-hydrogen) atoms. The Morgan fingerprint density at radius 3 is 2.81 bits per heavy atom. The van der Waals surface area contributed by atoms with Gasteiger partial charge in [-0.25, -0.2) is 9.59 Å². The molecule has 0 radical (unpaired) electrons. The van der Waals surface area contributed by atoms with Crippen molar-refractivity contribution in [1.29, 1.82) is 0 Å². The van der Waals surface area contributed by atoms with Crippen molar-refractivity contribution < 1.29 is 19.8 Å². The summed E-state index contributed by atoms with van der Waals surface area (Å²) < 4.78 is 0. The van der Waals surface area contributed by atoms with Gasteiger partial charge in [0, 0.05) is 19.1 Å². The van der Waals surface area contributed by atoms with Crippen molar-refractivity contribution in [2.75, 3.05) is 19.6 Å². The molecule has 1 aliphatic rings. The molecule has 0 aromatic carbocycles. The molecule has 1 fully saturated rings. The summed E-state index contributed by atoms with van der Waals surface area (Å²) in [5.74, 6) is -1.35. The number of hydrogen-bond donors (Lipinski definition) is 4. The molecular formula is C9H17N3O4. The Labute approximate surface area is 93.2 Å². The number of rotatable bonds is 3. The van der Waals surface area contributed by atoms with Gasteiger partial charge in [0.05, 0.1) is 6.54 Å². The largest absolute Gasteiger partial charge is 0.479 e. The smallest absolute Gasteiger partial charge is 0.334 e. The van der Waals surface area contributed by atoms with Gasteiger partial charge >= 0.3 is 12.0 Å². The number of carboxylic acids is 1. The molecule has 1 saturated heterocycles. The third-order valence-corrected chi connectivity index (χ3v) is 2.48. The molecule has 1 heterocycles. The second-order valence-corrected chi connectivity index (χ2v) is 3.89. The zero-order valence-electron chi connectivity index (χ0n) is 8.93. The average molecular weight is 231 g/mol. The van der Waals surface area contributed by atoms with E-state index in [1.165, 1.54) is 4.90 Å². The van der Waals surface area contributed by atoms with Crippen LogP contribution < -0.4 is 11.1 Å². The summed E-state index contributed by atoms with van der Waals surface area (Å²) in [5.41, 5.74) is 5.70. The maximum absolute atomic E-state index is 11.5. The minimum atomic E-state index is -1.57. The molecule has 7 heteroatoms. The number of carbonyl (C=O) groups is 2. The predicted molar refractivity (Wildman–Crippen MR) is 55.8 cm³/mol. The first-order chi connectivity index (χ1) is 7.50. The van der Waals surface area contributed by atoms with Crippen LogP contribution in [-0.2, 0) is 4.79 Å². The molecule has 1 unspecified atom stereocenters. The Balaban J connectivity index is 2.31. The van der Waals surface area contributed by atoms with Gasteiger partial charge in [0.25, 0.3) is 0 Å². The summed E-state index contributed by atoms with van der Waals surface area (Å²) in [7, 11) is 0. The lowest BCUT2D eigenvalue weighted by Gasteiger charge is -2.30. The van der Waals surface area contributed by atoms with Crippen LogP contribution in [0.3, 0.4) is 0 Å². The van der Waals surface area contributed by atoms with Gasteiger partial charge in [-0.3, -0.25) is 0 Å². The SMILES string of the molecule is NC1CCCN(C(=O)NC[C@H](O)C(=O)O)C1. The second-order valence-electron chi connectivity index (χ2n) is 3.89. The molecule has 0 saturated carbocycles. The third-order valence-electron chi connectivity index (χ3n) is 2.48. The predicted octanol–water partition coefficient (Wildman–Crippen LogP) is -1.44. The van der Waals surface area contributed by atoms with Crippen LogP contribution in [-0.4, -0.2) is 58.9 Å². The quantitative estimate of drug-likeness (QED) is 0.475. The summed E-state index contributed by atoms with van der Waals surface area (Å²) in [4.78, 5) is 23.4. The minimum absolute atomic E-state index is 0.0242. The normalized spacial score (nSPS) is 22.6. The summed E-state index contributed by atoms with van der Waals surface area (Å²) in [6, 6.07) is -0.403. The van der Waals surface area contributed by atoms with Crippen LogP contribution >= 0.6 is 0 Å². The number of nitrogens with two attached hydrogens (primary N) is 1. The van der Waals surface area contributed by atoms with E-state index >= 15 is 0 Å². The lowest BCUT2D eigenvalue weighted by Crippen LogP contribution is -2.51. The molecule has 1 rings (SSSR count). The molecule has 0 aromatic heterocycles. The van der Waals surface area contributed by atoms with Crippen molar-refractivity contribution in [3.63, 3.8) is 0 Å². The molecule has 0 spiro atoms. The standard InChI is InChI=1S/C9H17N3O4/c10-6-2-1-3-12(5-6)9(16)11-4-7(13)8(14)15/h6-7,13H,1-5,10H2,(H,11,16)(H,14,15)/t6?,7-/m0/s1. The first-order valence-electron chi connectivity index (χ1n) is 5.20. The molecule has 92 valence electrons. The van der Waals surface area contributed by atoms with E-state index in [1.54, 1.807) is 0 Å². The lowest BCUT2D eigenvalue weighted by molar-refractivity contribution is -0.146. The number of carbonyl (C=O) groups excluding carboxylic acids is 1. The first-order valence-corrected chi connectivity index (χ1v) is 5.20. The Kier molecular flexibility index (Phi) is 4.51. The number of nitrogens with zero attached hydrogens (tertiary/aromatic N) is 1. The number of nitrogens with one attached hydrogen (secondary N) is 1. The van der Waals surface area contributed by atoms with E-state index in [4.69, 9.17) is 15.9 Å². The van der Waals surface area contributed by atoms with Crippen molar-refractivity contribution in [1.82, 2.24) is 10.2 Å². The zero-order valence-corrected chi connectivity index (χ0v) is 8.93. The van der Waals surface area contributed by atoms with Gasteiger partial charge in [-0.2, -0.15) is 0 Å².